The third-order valence-corrected chi connectivity index (χ3v) is 7.61. The highest BCUT2D eigenvalue weighted by atomic mass is 32.2. The number of anilines is 1. The number of amides is 1. The van der Waals surface area contributed by atoms with Crippen LogP contribution in [0, 0.1) is 5.82 Å². The van der Waals surface area contributed by atoms with E-state index in [1.54, 1.807) is 56.3 Å². The predicted molar refractivity (Wildman–Crippen MR) is 132 cm³/mol. The van der Waals surface area contributed by atoms with E-state index in [9.17, 15) is 17.6 Å². The molecule has 0 unspecified atom stereocenters. The van der Waals surface area contributed by atoms with E-state index in [0.29, 0.717) is 16.8 Å². The molecule has 0 aliphatic carbocycles. The predicted octanol–water partition coefficient (Wildman–Crippen LogP) is 5.43. The number of carbonyl (C=O) groups excluding carboxylic acids is 1. The van der Waals surface area contributed by atoms with Gasteiger partial charge >= 0.3 is 0 Å². The summed E-state index contributed by atoms with van der Waals surface area (Å²) in [5.41, 5.74) is 1.43. The van der Waals surface area contributed by atoms with Crippen molar-refractivity contribution in [2.45, 2.75) is 24.8 Å². The second-order valence-electron chi connectivity index (χ2n) is 8.15. The first-order valence-corrected chi connectivity index (χ1v) is 12.3. The van der Waals surface area contributed by atoms with Crippen LogP contribution in [0.2, 0.25) is 0 Å². The summed E-state index contributed by atoms with van der Waals surface area (Å²) in [6, 6.07) is 18.7. The van der Waals surface area contributed by atoms with Crippen LogP contribution in [0.25, 0.3) is 22.8 Å². The van der Waals surface area contributed by atoms with Crippen LogP contribution in [0.3, 0.4) is 0 Å². The Morgan fingerprint density at radius 1 is 0.971 bits per heavy atom. The fraction of sp³-hybridized carbons (Fsp3) is 0.154. The van der Waals surface area contributed by atoms with Crippen LogP contribution in [0.1, 0.15) is 24.2 Å². The Hall–Kier alpha value is -3.82. The number of benzene rings is 3. The van der Waals surface area contributed by atoms with E-state index in [2.05, 4.69) is 10.3 Å². The Labute approximate surface area is 203 Å². The summed E-state index contributed by atoms with van der Waals surface area (Å²) < 4.78 is 46.5. The van der Waals surface area contributed by atoms with E-state index in [0.717, 1.165) is 0 Å². The zero-order valence-electron chi connectivity index (χ0n) is 19.4. The van der Waals surface area contributed by atoms with Crippen molar-refractivity contribution in [3.63, 3.8) is 0 Å². The van der Waals surface area contributed by atoms with E-state index in [1.807, 2.05) is 0 Å². The van der Waals surface area contributed by atoms with Crippen molar-refractivity contribution in [3.05, 3.63) is 90.4 Å². The lowest BCUT2D eigenvalue weighted by Gasteiger charge is -2.21. The number of nitrogens with zero attached hydrogens (tertiary/aromatic N) is 2. The quantitative estimate of drug-likeness (QED) is 0.371. The number of nitrogens with one attached hydrogen (secondary N) is 1. The number of oxazole rings is 1. The molecule has 0 aliphatic rings. The van der Waals surface area contributed by atoms with Gasteiger partial charge in [0.25, 0.3) is 5.91 Å². The summed E-state index contributed by atoms with van der Waals surface area (Å²) in [5, 5.41) is 2.77. The van der Waals surface area contributed by atoms with Crippen LogP contribution in [-0.2, 0) is 10.0 Å². The first-order valence-electron chi connectivity index (χ1n) is 10.9. The molecule has 180 valence electrons. The Morgan fingerprint density at radius 2 is 1.60 bits per heavy atom. The summed E-state index contributed by atoms with van der Waals surface area (Å²) in [6.07, 6.45) is 1.41. The molecule has 0 atom stereocenters. The highest BCUT2D eigenvalue weighted by Gasteiger charge is 2.23. The molecule has 9 heteroatoms. The van der Waals surface area contributed by atoms with Crippen molar-refractivity contribution in [2.24, 2.45) is 0 Å². The number of hydrogen-bond acceptors (Lipinski definition) is 5. The second kappa shape index (κ2) is 9.81. The van der Waals surface area contributed by atoms with Crippen molar-refractivity contribution >= 4 is 21.6 Å². The standard InChI is InChI=1S/C26H24FN3O4S/c1-17(2)30(3)35(32,33)19-14-12-18(13-15-19)29-25(31)20-8-4-5-9-21(20)26-28-16-24(34-26)22-10-6-7-11-23(22)27/h4-17H,1-3H3,(H,29,31). The van der Waals surface area contributed by atoms with Gasteiger partial charge in [-0.2, -0.15) is 4.31 Å². The minimum absolute atomic E-state index is 0.132. The summed E-state index contributed by atoms with van der Waals surface area (Å²) in [5.74, 6) is -0.448. The molecule has 1 heterocycles. The topological polar surface area (TPSA) is 92.5 Å². The van der Waals surface area contributed by atoms with E-state index in [1.165, 1.54) is 47.9 Å². The molecule has 0 radical (unpaired) electrons. The van der Waals surface area contributed by atoms with Crippen LogP contribution in [-0.4, -0.2) is 36.7 Å². The fourth-order valence-corrected chi connectivity index (χ4v) is 4.77. The lowest BCUT2D eigenvalue weighted by molar-refractivity contribution is 0.102. The molecule has 4 rings (SSSR count). The molecule has 3 aromatic carbocycles. The summed E-state index contributed by atoms with van der Waals surface area (Å²) in [6.45, 7) is 3.58. The average Bonchev–Trinajstić information content (AvgIpc) is 3.34. The van der Waals surface area contributed by atoms with Crippen LogP contribution in [0.5, 0.6) is 0 Å². The maximum absolute atomic E-state index is 14.1. The molecule has 0 bridgehead atoms. The van der Waals surface area contributed by atoms with Gasteiger partial charge in [0.05, 0.1) is 22.2 Å². The number of carbonyl (C=O) groups is 1. The maximum Gasteiger partial charge on any atom is 0.256 e. The van der Waals surface area contributed by atoms with Crippen molar-refractivity contribution < 1.29 is 22.0 Å². The molecule has 4 aromatic rings. The smallest absolute Gasteiger partial charge is 0.256 e. The van der Waals surface area contributed by atoms with Gasteiger partial charge in [-0.3, -0.25) is 4.79 Å². The van der Waals surface area contributed by atoms with E-state index in [4.69, 9.17) is 4.42 Å². The molecule has 35 heavy (non-hydrogen) atoms. The van der Waals surface area contributed by atoms with Crippen molar-refractivity contribution in [3.8, 4) is 22.8 Å². The molecular formula is C26H24FN3O4S. The Balaban J connectivity index is 1.57. The number of hydrogen-bond donors (Lipinski definition) is 1. The molecule has 7 nitrogen and oxygen atoms in total. The van der Waals surface area contributed by atoms with Gasteiger partial charge in [-0.25, -0.2) is 17.8 Å². The van der Waals surface area contributed by atoms with Gasteiger partial charge in [0, 0.05) is 24.3 Å². The molecule has 1 aromatic heterocycles. The normalized spacial score (nSPS) is 11.7. The van der Waals surface area contributed by atoms with Crippen LogP contribution in [0.15, 0.2) is 88.3 Å². The van der Waals surface area contributed by atoms with Gasteiger partial charge in [-0.05, 0) is 62.4 Å². The first kappa shape index (κ1) is 24.3. The third kappa shape index (κ3) is 5.01. The first-order chi connectivity index (χ1) is 16.7. The highest BCUT2D eigenvalue weighted by Crippen LogP contribution is 2.30. The van der Waals surface area contributed by atoms with Gasteiger partial charge in [0.1, 0.15) is 5.82 Å². The van der Waals surface area contributed by atoms with E-state index >= 15 is 0 Å². The maximum atomic E-state index is 14.1. The zero-order chi connectivity index (χ0) is 25.2. The van der Waals surface area contributed by atoms with Crippen molar-refractivity contribution in [2.75, 3.05) is 12.4 Å². The Bertz CT molecular complexity index is 1460. The molecular weight excluding hydrogens is 469 g/mol. The molecule has 0 spiro atoms. The van der Waals surface area contributed by atoms with E-state index < -0.39 is 21.7 Å². The molecule has 0 saturated carbocycles. The van der Waals surface area contributed by atoms with Gasteiger partial charge in [0.2, 0.25) is 15.9 Å². The summed E-state index contributed by atoms with van der Waals surface area (Å²) in [4.78, 5) is 17.4. The van der Waals surface area contributed by atoms with Crippen molar-refractivity contribution in [1.82, 2.24) is 9.29 Å². The van der Waals surface area contributed by atoms with Crippen molar-refractivity contribution in [1.29, 1.82) is 0 Å². The van der Waals surface area contributed by atoms with Gasteiger partial charge in [0.15, 0.2) is 5.76 Å². The SMILES string of the molecule is CC(C)N(C)S(=O)(=O)c1ccc(NC(=O)c2ccccc2-c2ncc(-c3ccccc3F)o2)cc1. The van der Waals surface area contributed by atoms with Gasteiger partial charge in [-0.15, -0.1) is 0 Å². The minimum Gasteiger partial charge on any atom is -0.436 e. The largest absolute Gasteiger partial charge is 0.436 e. The lowest BCUT2D eigenvalue weighted by atomic mass is 10.1. The minimum atomic E-state index is -3.63. The zero-order valence-corrected chi connectivity index (χ0v) is 20.2. The molecule has 0 saturated heterocycles. The molecule has 1 amide bonds. The van der Waals surface area contributed by atoms with E-state index in [-0.39, 0.29) is 28.2 Å². The van der Waals surface area contributed by atoms with Crippen LogP contribution in [0.4, 0.5) is 10.1 Å². The van der Waals surface area contributed by atoms with Gasteiger partial charge in [-0.1, -0.05) is 24.3 Å². The highest BCUT2D eigenvalue weighted by molar-refractivity contribution is 7.89. The number of sulfonamides is 1. The monoisotopic (exact) mass is 493 g/mol. The van der Waals surface area contributed by atoms with Crippen LogP contribution >= 0.6 is 0 Å². The van der Waals surface area contributed by atoms with Crippen LogP contribution < -0.4 is 5.32 Å². The number of rotatable bonds is 7. The van der Waals surface area contributed by atoms with Gasteiger partial charge < -0.3 is 9.73 Å². The Kier molecular flexibility index (Phi) is 6.81. The molecule has 1 N–H and O–H groups in total. The third-order valence-electron chi connectivity index (χ3n) is 5.56. The number of aromatic nitrogens is 1. The fourth-order valence-electron chi connectivity index (χ4n) is 3.40. The Morgan fingerprint density at radius 3 is 2.26 bits per heavy atom. The number of halogens is 1. The molecule has 0 fully saturated rings. The summed E-state index contributed by atoms with van der Waals surface area (Å²) >= 11 is 0. The second-order valence-corrected chi connectivity index (χ2v) is 10.1. The average molecular weight is 494 g/mol. The summed E-state index contributed by atoms with van der Waals surface area (Å²) in [7, 11) is -2.11. The lowest BCUT2D eigenvalue weighted by Crippen LogP contribution is -2.33. The molecule has 0 aliphatic heterocycles.